The van der Waals surface area contributed by atoms with Gasteiger partial charge in [-0.25, -0.2) is 0 Å². The summed E-state index contributed by atoms with van der Waals surface area (Å²) in [6.45, 7) is 9.56. The van der Waals surface area contributed by atoms with Crippen molar-refractivity contribution in [3.8, 4) is 0 Å². The predicted molar refractivity (Wildman–Crippen MR) is 43.4 cm³/mol. The van der Waals surface area contributed by atoms with E-state index in [1.165, 1.54) is 12.0 Å². The summed E-state index contributed by atoms with van der Waals surface area (Å²) in [5.41, 5.74) is 1.18. The molecule has 0 bridgehead atoms. The van der Waals surface area contributed by atoms with E-state index in [9.17, 15) is 0 Å². The second-order valence-electron chi connectivity index (χ2n) is 2.00. The molecular weight excluding hydrogens is 108 g/mol. The summed E-state index contributed by atoms with van der Waals surface area (Å²) in [5.74, 6) is 0. The molecule has 0 aliphatic carbocycles. The molecule has 0 rings (SSSR count). The summed E-state index contributed by atoms with van der Waals surface area (Å²) in [6, 6.07) is 0. The lowest BCUT2D eigenvalue weighted by atomic mass is 10.2. The SMILES string of the molecule is C=C/C=C\C(=C)CCC. The van der Waals surface area contributed by atoms with Crippen LogP contribution in [0.25, 0.3) is 0 Å². The van der Waals surface area contributed by atoms with Crippen LogP contribution in [0, 0.1) is 0 Å². The summed E-state index contributed by atoms with van der Waals surface area (Å²) in [5, 5.41) is 0. The highest BCUT2D eigenvalue weighted by Gasteiger charge is 1.81. The van der Waals surface area contributed by atoms with Crippen LogP contribution in [0.4, 0.5) is 0 Å². The van der Waals surface area contributed by atoms with Gasteiger partial charge in [0, 0.05) is 0 Å². The van der Waals surface area contributed by atoms with Crippen molar-refractivity contribution in [3.63, 3.8) is 0 Å². The van der Waals surface area contributed by atoms with Gasteiger partial charge in [0.2, 0.25) is 0 Å². The minimum Gasteiger partial charge on any atom is -0.0991 e. The van der Waals surface area contributed by atoms with E-state index in [1.807, 2.05) is 12.2 Å². The fourth-order valence-corrected chi connectivity index (χ4v) is 0.609. The van der Waals surface area contributed by atoms with E-state index in [1.54, 1.807) is 6.08 Å². The summed E-state index contributed by atoms with van der Waals surface area (Å²) >= 11 is 0. The third-order valence-electron chi connectivity index (χ3n) is 1.04. The maximum absolute atomic E-state index is 3.85. The Kier molecular flexibility index (Phi) is 4.89. The van der Waals surface area contributed by atoms with Crippen molar-refractivity contribution in [2.75, 3.05) is 0 Å². The maximum Gasteiger partial charge on any atom is -0.0287 e. The van der Waals surface area contributed by atoms with Gasteiger partial charge in [-0.15, -0.1) is 0 Å². The lowest BCUT2D eigenvalue weighted by Crippen LogP contribution is -1.71. The van der Waals surface area contributed by atoms with E-state index in [2.05, 4.69) is 20.1 Å². The lowest BCUT2D eigenvalue weighted by Gasteiger charge is -1.91. The molecule has 0 heteroatoms. The first-order valence-electron chi connectivity index (χ1n) is 3.28. The van der Waals surface area contributed by atoms with Crippen LogP contribution in [0.3, 0.4) is 0 Å². The minimum atomic E-state index is 1.09. The molecule has 0 radical (unpaired) electrons. The standard InChI is InChI=1S/C9H14/c1-4-6-8-9(3)7-5-2/h4,6,8H,1,3,5,7H2,2H3/b8-6-. The molecule has 0 aromatic rings. The average molecular weight is 122 g/mol. The molecule has 0 aliphatic rings. The molecule has 0 nitrogen and oxygen atoms in total. The molecule has 0 aromatic heterocycles. The molecule has 0 atom stereocenters. The fourth-order valence-electron chi connectivity index (χ4n) is 0.609. The van der Waals surface area contributed by atoms with Crippen LogP contribution in [0.2, 0.25) is 0 Å². The lowest BCUT2D eigenvalue weighted by molar-refractivity contribution is 0.930. The van der Waals surface area contributed by atoms with Crippen LogP contribution >= 0.6 is 0 Å². The van der Waals surface area contributed by atoms with Crippen LogP contribution in [0.15, 0.2) is 37.0 Å². The van der Waals surface area contributed by atoms with Gasteiger partial charge in [-0.3, -0.25) is 0 Å². The van der Waals surface area contributed by atoms with Crippen molar-refractivity contribution in [3.05, 3.63) is 37.0 Å². The van der Waals surface area contributed by atoms with Crippen LogP contribution < -0.4 is 0 Å². The molecule has 0 saturated heterocycles. The largest absolute Gasteiger partial charge is 0.0991 e. The number of rotatable bonds is 4. The zero-order valence-corrected chi connectivity index (χ0v) is 6.06. The van der Waals surface area contributed by atoms with Gasteiger partial charge in [0.15, 0.2) is 0 Å². The fraction of sp³-hybridized carbons (Fsp3) is 0.333. The maximum atomic E-state index is 3.85. The summed E-state index contributed by atoms with van der Waals surface area (Å²) in [6.07, 6.45) is 7.93. The van der Waals surface area contributed by atoms with Crippen molar-refractivity contribution in [1.29, 1.82) is 0 Å². The van der Waals surface area contributed by atoms with E-state index in [0.717, 1.165) is 6.42 Å². The van der Waals surface area contributed by atoms with E-state index in [4.69, 9.17) is 0 Å². The van der Waals surface area contributed by atoms with E-state index in [-0.39, 0.29) is 0 Å². The Morgan fingerprint density at radius 2 is 2.22 bits per heavy atom. The molecule has 0 amide bonds. The quantitative estimate of drug-likeness (QED) is 0.503. The Morgan fingerprint density at radius 1 is 1.56 bits per heavy atom. The highest BCUT2D eigenvalue weighted by Crippen LogP contribution is 2.02. The first-order chi connectivity index (χ1) is 4.31. The van der Waals surface area contributed by atoms with Gasteiger partial charge in [-0.2, -0.15) is 0 Å². The Morgan fingerprint density at radius 3 is 2.67 bits per heavy atom. The zero-order valence-electron chi connectivity index (χ0n) is 6.06. The Bertz CT molecular complexity index is 118. The number of hydrogen-bond acceptors (Lipinski definition) is 0. The predicted octanol–water partition coefficient (Wildman–Crippen LogP) is 3.08. The van der Waals surface area contributed by atoms with Gasteiger partial charge in [0.05, 0.1) is 0 Å². The van der Waals surface area contributed by atoms with E-state index < -0.39 is 0 Å². The molecule has 0 aliphatic heterocycles. The molecule has 0 spiro atoms. The Balaban J connectivity index is 3.49. The smallest absolute Gasteiger partial charge is 0.0287 e. The third-order valence-corrected chi connectivity index (χ3v) is 1.04. The van der Waals surface area contributed by atoms with Crippen molar-refractivity contribution in [2.45, 2.75) is 19.8 Å². The first-order valence-corrected chi connectivity index (χ1v) is 3.28. The molecule has 0 aromatic carbocycles. The number of hydrogen-bond donors (Lipinski definition) is 0. The van der Waals surface area contributed by atoms with Crippen LogP contribution in [-0.2, 0) is 0 Å². The monoisotopic (exact) mass is 122 g/mol. The van der Waals surface area contributed by atoms with Gasteiger partial charge in [0.25, 0.3) is 0 Å². The normalized spacial score (nSPS) is 9.89. The van der Waals surface area contributed by atoms with Gasteiger partial charge in [-0.05, 0) is 6.42 Å². The highest BCUT2D eigenvalue weighted by molar-refractivity contribution is 5.17. The van der Waals surface area contributed by atoms with Gasteiger partial charge in [0.1, 0.15) is 0 Å². The molecular formula is C9H14. The second kappa shape index (κ2) is 5.36. The minimum absolute atomic E-state index is 1.09. The van der Waals surface area contributed by atoms with E-state index >= 15 is 0 Å². The molecule has 9 heavy (non-hydrogen) atoms. The zero-order chi connectivity index (χ0) is 7.11. The summed E-state index contributed by atoms with van der Waals surface area (Å²) in [4.78, 5) is 0. The Hall–Kier alpha value is -0.780. The highest BCUT2D eigenvalue weighted by atomic mass is 13.9. The van der Waals surface area contributed by atoms with Crippen molar-refractivity contribution in [1.82, 2.24) is 0 Å². The second-order valence-corrected chi connectivity index (χ2v) is 2.00. The topological polar surface area (TPSA) is 0 Å². The summed E-state index contributed by atoms with van der Waals surface area (Å²) in [7, 11) is 0. The molecule has 0 unspecified atom stereocenters. The van der Waals surface area contributed by atoms with Crippen LogP contribution in [0.5, 0.6) is 0 Å². The third kappa shape index (κ3) is 5.09. The average Bonchev–Trinajstić information content (AvgIpc) is 1.85. The molecule has 0 fully saturated rings. The summed E-state index contributed by atoms with van der Waals surface area (Å²) < 4.78 is 0. The van der Waals surface area contributed by atoms with Crippen molar-refractivity contribution in [2.24, 2.45) is 0 Å². The molecule has 0 heterocycles. The van der Waals surface area contributed by atoms with Gasteiger partial charge >= 0.3 is 0 Å². The number of allylic oxidation sites excluding steroid dienone is 4. The van der Waals surface area contributed by atoms with Crippen molar-refractivity contribution < 1.29 is 0 Å². The molecule has 0 saturated carbocycles. The van der Waals surface area contributed by atoms with Gasteiger partial charge in [-0.1, -0.05) is 50.3 Å². The van der Waals surface area contributed by atoms with Crippen LogP contribution in [0.1, 0.15) is 19.8 Å². The van der Waals surface area contributed by atoms with E-state index in [0.29, 0.717) is 0 Å². The Labute approximate surface area is 57.6 Å². The molecule has 0 N–H and O–H groups in total. The van der Waals surface area contributed by atoms with Crippen LogP contribution in [-0.4, -0.2) is 0 Å². The molecule has 50 valence electrons. The van der Waals surface area contributed by atoms with Crippen molar-refractivity contribution >= 4 is 0 Å². The van der Waals surface area contributed by atoms with Gasteiger partial charge < -0.3 is 0 Å². The first kappa shape index (κ1) is 8.22.